The fourth-order valence-electron chi connectivity index (χ4n) is 2.20. The van der Waals surface area contributed by atoms with E-state index in [4.69, 9.17) is 5.73 Å². The maximum atomic E-state index is 11.4. The molecular weight excluding hydrogens is 276 g/mol. The SMILES string of the molecule is Cc1ccc(S(=O)(=O)O)c(CN)c1-c1ccccc1.N. The first kappa shape index (κ1) is 16.3. The van der Waals surface area contributed by atoms with Crippen molar-refractivity contribution in [1.82, 2.24) is 6.15 Å². The van der Waals surface area contributed by atoms with Gasteiger partial charge in [0.1, 0.15) is 0 Å². The summed E-state index contributed by atoms with van der Waals surface area (Å²) in [5, 5.41) is 0. The minimum atomic E-state index is -4.27. The monoisotopic (exact) mass is 294 g/mol. The van der Waals surface area contributed by atoms with Gasteiger partial charge in [-0.05, 0) is 35.2 Å². The van der Waals surface area contributed by atoms with Crippen LogP contribution < -0.4 is 11.9 Å². The summed E-state index contributed by atoms with van der Waals surface area (Å²) in [7, 11) is -4.27. The molecule has 6 heteroatoms. The van der Waals surface area contributed by atoms with Gasteiger partial charge in [-0.1, -0.05) is 36.4 Å². The van der Waals surface area contributed by atoms with E-state index in [-0.39, 0.29) is 17.6 Å². The van der Waals surface area contributed by atoms with Gasteiger partial charge in [0.15, 0.2) is 0 Å². The first-order valence-corrected chi connectivity index (χ1v) is 7.24. The highest BCUT2D eigenvalue weighted by Gasteiger charge is 2.19. The van der Waals surface area contributed by atoms with Crippen molar-refractivity contribution in [2.75, 3.05) is 0 Å². The highest BCUT2D eigenvalue weighted by molar-refractivity contribution is 7.85. The van der Waals surface area contributed by atoms with E-state index in [1.165, 1.54) is 6.07 Å². The Hall–Kier alpha value is -1.73. The Bertz CT molecular complexity index is 698. The van der Waals surface area contributed by atoms with Crippen LogP contribution in [-0.4, -0.2) is 13.0 Å². The van der Waals surface area contributed by atoms with Crippen molar-refractivity contribution in [3.8, 4) is 11.1 Å². The van der Waals surface area contributed by atoms with Crippen molar-refractivity contribution in [3.63, 3.8) is 0 Å². The second-order valence-electron chi connectivity index (χ2n) is 4.28. The number of hydrogen-bond donors (Lipinski definition) is 3. The second kappa shape index (κ2) is 6.15. The molecule has 0 amide bonds. The molecule has 5 nitrogen and oxygen atoms in total. The van der Waals surface area contributed by atoms with Crippen molar-refractivity contribution in [1.29, 1.82) is 0 Å². The number of nitrogens with two attached hydrogens (primary N) is 1. The predicted molar refractivity (Wildman–Crippen MR) is 79.3 cm³/mol. The molecule has 0 bridgehead atoms. The molecule has 6 N–H and O–H groups in total. The third kappa shape index (κ3) is 3.05. The summed E-state index contributed by atoms with van der Waals surface area (Å²) >= 11 is 0. The standard InChI is InChI=1S/C14H15NO3S.H3N/c1-10-7-8-13(19(16,17)18)12(9-15)14(10)11-5-3-2-4-6-11;/h2-8H,9,15H2,1H3,(H,16,17,18);1H3. The molecule has 2 rings (SSSR count). The van der Waals surface area contributed by atoms with E-state index in [0.717, 1.165) is 16.7 Å². The Kier molecular flexibility index (Phi) is 5.02. The smallest absolute Gasteiger partial charge is 0.294 e. The van der Waals surface area contributed by atoms with E-state index in [1.54, 1.807) is 6.07 Å². The zero-order valence-corrected chi connectivity index (χ0v) is 12.0. The molecule has 2 aromatic rings. The van der Waals surface area contributed by atoms with Crippen LogP contribution in [-0.2, 0) is 16.7 Å². The summed E-state index contributed by atoms with van der Waals surface area (Å²) < 4.78 is 32.1. The average molecular weight is 294 g/mol. The molecule has 0 fully saturated rings. The lowest BCUT2D eigenvalue weighted by molar-refractivity contribution is 0.482. The molecule has 0 heterocycles. The van der Waals surface area contributed by atoms with Gasteiger partial charge >= 0.3 is 0 Å². The molecule has 0 aromatic heterocycles. The minimum Gasteiger partial charge on any atom is -0.344 e. The van der Waals surface area contributed by atoms with Gasteiger partial charge in [0.05, 0.1) is 4.90 Å². The Balaban J connectivity index is 0.00000200. The molecule has 20 heavy (non-hydrogen) atoms. The van der Waals surface area contributed by atoms with E-state index >= 15 is 0 Å². The van der Waals surface area contributed by atoms with Crippen molar-refractivity contribution in [3.05, 3.63) is 53.6 Å². The molecule has 0 atom stereocenters. The largest absolute Gasteiger partial charge is 0.344 e. The topological polar surface area (TPSA) is 115 Å². The average Bonchev–Trinajstić information content (AvgIpc) is 2.37. The molecule has 0 aliphatic heterocycles. The Morgan fingerprint density at radius 2 is 1.70 bits per heavy atom. The summed E-state index contributed by atoms with van der Waals surface area (Å²) in [6, 6.07) is 12.5. The molecule has 0 saturated carbocycles. The quantitative estimate of drug-likeness (QED) is 0.752. The van der Waals surface area contributed by atoms with Crippen molar-refractivity contribution >= 4 is 10.1 Å². The summed E-state index contributed by atoms with van der Waals surface area (Å²) in [4.78, 5) is -0.126. The summed E-state index contributed by atoms with van der Waals surface area (Å²) in [6.45, 7) is 1.93. The van der Waals surface area contributed by atoms with Crippen LogP contribution in [0.2, 0.25) is 0 Å². The van der Waals surface area contributed by atoms with E-state index in [0.29, 0.717) is 5.56 Å². The van der Waals surface area contributed by atoms with Crippen LogP contribution in [0.3, 0.4) is 0 Å². The summed E-state index contributed by atoms with van der Waals surface area (Å²) in [5.41, 5.74) is 8.68. The van der Waals surface area contributed by atoms with Gasteiger partial charge in [-0.15, -0.1) is 0 Å². The predicted octanol–water partition coefficient (Wildman–Crippen LogP) is 2.53. The maximum absolute atomic E-state index is 11.4. The molecular formula is C14H18N2O3S. The van der Waals surface area contributed by atoms with Crippen molar-refractivity contribution < 1.29 is 13.0 Å². The lowest BCUT2D eigenvalue weighted by Crippen LogP contribution is -2.09. The number of rotatable bonds is 3. The van der Waals surface area contributed by atoms with Crippen molar-refractivity contribution in [2.45, 2.75) is 18.4 Å². The van der Waals surface area contributed by atoms with E-state index in [1.807, 2.05) is 37.3 Å². The second-order valence-corrected chi connectivity index (χ2v) is 5.67. The van der Waals surface area contributed by atoms with E-state index in [9.17, 15) is 13.0 Å². The van der Waals surface area contributed by atoms with Gasteiger partial charge in [-0.25, -0.2) is 0 Å². The van der Waals surface area contributed by atoms with Crippen LogP contribution >= 0.6 is 0 Å². The molecule has 108 valence electrons. The zero-order chi connectivity index (χ0) is 14.0. The van der Waals surface area contributed by atoms with Crippen LogP contribution in [0.25, 0.3) is 11.1 Å². The third-order valence-electron chi connectivity index (χ3n) is 3.02. The molecule has 0 radical (unpaired) electrons. The highest BCUT2D eigenvalue weighted by Crippen LogP contribution is 2.31. The third-order valence-corrected chi connectivity index (χ3v) is 3.96. The molecule has 2 aromatic carbocycles. The van der Waals surface area contributed by atoms with Crippen LogP contribution in [0, 0.1) is 6.92 Å². The van der Waals surface area contributed by atoms with Gasteiger partial charge < -0.3 is 11.9 Å². The Morgan fingerprint density at radius 1 is 1.10 bits per heavy atom. The fraction of sp³-hybridized carbons (Fsp3) is 0.143. The summed E-state index contributed by atoms with van der Waals surface area (Å²) in [6.07, 6.45) is 0. The molecule has 0 aliphatic carbocycles. The molecule has 0 aliphatic rings. The zero-order valence-electron chi connectivity index (χ0n) is 11.2. The number of hydrogen-bond acceptors (Lipinski definition) is 4. The maximum Gasteiger partial charge on any atom is 0.294 e. The fourth-order valence-corrected chi connectivity index (χ4v) is 2.93. The molecule has 0 saturated heterocycles. The number of aryl methyl sites for hydroxylation is 1. The summed E-state index contributed by atoms with van der Waals surface area (Å²) in [5.74, 6) is 0. The normalized spacial score (nSPS) is 10.9. The van der Waals surface area contributed by atoms with Crippen molar-refractivity contribution in [2.24, 2.45) is 5.73 Å². The van der Waals surface area contributed by atoms with Gasteiger partial charge in [-0.2, -0.15) is 8.42 Å². The molecule has 0 unspecified atom stereocenters. The first-order valence-electron chi connectivity index (χ1n) is 5.80. The number of benzene rings is 2. The van der Waals surface area contributed by atoms with Crippen LogP contribution in [0.5, 0.6) is 0 Å². The van der Waals surface area contributed by atoms with Gasteiger partial charge in [0.2, 0.25) is 0 Å². The minimum absolute atomic E-state index is 0. The van der Waals surface area contributed by atoms with Gasteiger partial charge in [-0.3, -0.25) is 4.55 Å². The van der Waals surface area contributed by atoms with E-state index < -0.39 is 10.1 Å². The van der Waals surface area contributed by atoms with Crippen LogP contribution in [0.1, 0.15) is 11.1 Å². The highest BCUT2D eigenvalue weighted by atomic mass is 32.2. The Labute approximate surface area is 118 Å². The lowest BCUT2D eigenvalue weighted by atomic mass is 9.95. The van der Waals surface area contributed by atoms with Crippen LogP contribution in [0.4, 0.5) is 0 Å². The Morgan fingerprint density at radius 3 is 2.20 bits per heavy atom. The van der Waals surface area contributed by atoms with Crippen LogP contribution in [0.15, 0.2) is 47.4 Å². The molecule has 0 spiro atoms. The van der Waals surface area contributed by atoms with Gasteiger partial charge in [0, 0.05) is 6.54 Å². The lowest BCUT2D eigenvalue weighted by Gasteiger charge is -2.15. The van der Waals surface area contributed by atoms with Gasteiger partial charge in [0.25, 0.3) is 10.1 Å². The first-order chi connectivity index (χ1) is 8.95. The van der Waals surface area contributed by atoms with E-state index in [2.05, 4.69) is 0 Å².